The van der Waals surface area contributed by atoms with E-state index in [1.54, 1.807) is 0 Å². The van der Waals surface area contributed by atoms with Crippen LogP contribution in [0.4, 0.5) is 17.3 Å². The Kier molecular flexibility index (Phi) is 7.94. The van der Waals surface area contributed by atoms with E-state index < -0.39 is 25.9 Å². The van der Waals surface area contributed by atoms with Crippen LogP contribution in [-0.2, 0) is 0 Å². The van der Waals surface area contributed by atoms with Gasteiger partial charge in [-0.15, -0.1) is 0 Å². The first-order valence-corrected chi connectivity index (χ1v) is 4.25. The van der Waals surface area contributed by atoms with E-state index in [0.717, 1.165) is 0 Å². The monoisotopic (exact) mass is 237 g/mol. The van der Waals surface area contributed by atoms with E-state index in [9.17, 15) is 17.3 Å². The van der Waals surface area contributed by atoms with E-state index in [1.807, 2.05) is 0 Å². The molecule has 0 aromatic heterocycles. The molecule has 3 unspecified atom stereocenters. The van der Waals surface area contributed by atoms with Gasteiger partial charge in [-0.2, -0.15) is 0 Å². The molecule has 0 heterocycles. The molecule has 0 bridgehead atoms. The van der Waals surface area contributed by atoms with E-state index in [1.165, 1.54) is 20.8 Å². The van der Waals surface area contributed by atoms with Crippen LogP contribution in [0, 0.1) is 0 Å². The molecule has 94 valence electrons. The maximum absolute atomic E-state index is 9.75. The second-order valence-corrected chi connectivity index (χ2v) is 3.02. The van der Waals surface area contributed by atoms with Crippen molar-refractivity contribution in [3.63, 3.8) is 0 Å². The molecule has 0 fully saturated rings. The summed E-state index contributed by atoms with van der Waals surface area (Å²) in [5.41, 5.74) is 0. The van der Waals surface area contributed by atoms with Crippen molar-refractivity contribution in [1.29, 1.82) is 0 Å². The van der Waals surface area contributed by atoms with Crippen LogP contribution < -0.4 is 4.90 Å². The lowest BCUT2D eigenvalue weighted by Gasteiger charge is -2.26. The Morgan fingerprint density at radius 1 is 0.800 bits per heavy atom. The topological polar surface area (TPSA) is 65.1 Å². The van der Waals surface area contributed by atoms with E-state index in [2.05, 4.69) is 0 Å². The van der Waals surface area contributed by atoms with Crippen LogP contribution in [0.15, 0.2) is 0 Å². The molecule has 4 nitrogen and oxygen atoms in total. The van der Waals surface area contributed by atoms with Gasteiger partial charge in [0, 0.05) is 20.8 Å². The first kappa shape index (κ1) is 17.0. The summed E-state index contributed by atoms with van der Waals surface area (Å²) in [6.45, 7) is 4.57. The predicted octanol–water partition coefficient (Wildman–Crippen LogP) is -0.814. The molecular formula is C6H16BF4NO3. The summed E-state index contributed by atoms with van der Waals surface area (Å²) in [6, 6.07) is 0. The molecule has 0 aliphatic carbocycles. The summed E-state index contributed by atoms with van der Waals surface area (Å²) in [5.74, 6) is 0. The summed E-state index contributed by atoms with van der Waals surface area (Å²) in [6.07, 6.45) is -2.25. The lowest BCUT2D eigenvalue weighted by atomic mass is 10.3. The van der Waals surface area contributed by atoms with Crippen LogP contribution in [0.3, 0.4) is 0 Å². The van der Waals surface area contributed by atoms with Crippen LogP contribution in [0.25, 0.3) is 0 Å². The van der Waals surface area contributed by atoms with Gasteiger partial charge >= 0.3 is 7.25 Å². The number of aliphatic hydroxyl groups excluding tert-OH is 3. The number of hydrogen-bond acceptors (Lipinski definition) is 3. The van der Waals surface area contributed by atoms with Crippen molar-refractivity contribution < 1.29 is 37.5 Å². The van der Waals surface area contributed by atoms with E-state index in [-0.39, 0.29) is 0 Å². The molecule has 0 radical (unpaired) electrons. The predicted molar refractivity (Wildman–Crippen MR) is 46.2 cm³/mol. The van der Waals surface area contributed by atoms with Crippen LogP contribution in [-0.4, -0.2) is 41.3 Å². The third-order valence-corrected chi connectivity index (χ3v) is 1.45. The minimum Gasteiger partial charge on any atom is -0.418 e. The number of aliphatic hydroxyl groups is 3. The van der Waals surface area contributed by atoms with Crippen molar-refractivity contribution in [1.82, 2.24) is 0 Å². The van der Waals surface area contributed by atoms with Crippen molar-refractivity contribution in [2.45, 2.75) is 39.5 Å². The first-order chi connectivity index (χ1) is 6.46. The quantitative estimate of drug-likeness (QED) is 0.295. The standard InChI is InChI=1S/C6H15NO3.BF4/c1-4(8)7(5(2)9)6(3)10;2-1(3,4)5/h4-6,8-10H,1-3H3;/q;-1/p+1. The summed E-state index contributed by atoms with van der Waals surface area (Å²) in [4.78, 5) is 0.361. The zero-order valence-corrected chi connectivity index (χ0v) is 8.66. The normalized spacial score (nSPS) is 19.6. The van der Waals surface area contributed by atoms with Crippen molar-refractivity contribution in [2.24, 2.45) is 0 Å². The number of halogens is 4. The summed E-state index contributed by atoms with van der Waals surface area (Å²) in [7, 11) is -6.00. The van der Waals surface area contributed by atoms with Gasteiger partial charge in [0.2, 0.25) is 0 Å². The van der Waals surface area contributed by atoms with Gasteiger partial charge in [0.15, 0.2) is 18.7 Å². The van der Waals surface area contributed by atoms with Gasteiger partial charge in [-0.3, -0.25) is 4.90 Å². The molecule has 0 amide bonds. The number of quaternary nitrogens is 1. The highest BCUT2D eigenvalue weighted by Gasteiger charge is 2.24. The Balaban J connectivity index is 0. The molecule has 0 aromatic carbocycles. The fourth-order valence-corrected chi connectivity index (χ4v) is 1.05. The fourth-order valence-electron chi connectivity index (χ4n) is 1.05. The van der Waals surface area contributed by atoms with Gasteiger partial charge in [0.05, 0.1) is 0 Å². The van der Waals surface area contributed by atoms with E-state index >= 15 is 0 Å². The Labute approximate surface area is 85.2 Å². The lowest BCUT2D eigenvalue weighted by molar-refractivity contribution is -1.02. The molecule has 4 N–H and O–H groups in total. The van der Waals surface area contributed by atoms with Crippen molar-refractivity contribution in [3.8, 4) is 0 Å². The average Bonchev–Trinajstić information content (AvgIpc) is 1.77. The SMILES string of the molecule is CC(O)[NH+](C(C)O)C(C)O.F[B-](F)(F)F. The molecule has 9 heteroatoms. The molecule has 0 aliphatic heterocycles. The lowest BCUT2D eigenvalue weighted by Crippen LogP contribution is -3.21. The molecule has 0 saturated carbocycles. The van der Waals surface area contributed by atoms with Gasteiger partial charge in [-0.25, -0.2) is 0 Å². The number of hydrogen-bond donors (Lipinski definition) is 4. The van der Waals surface area contributed by atoms with Gasteiger partial charge < -0.3 is 32.6 Å². The van der Waals surface area contributed by atoms with Gasteiger partial charge in [-0.05, 0) is 0 Å². The largest absolute Gasteiger partial charge is 0.673 e. The second-order valence-electron chi connectivity index (χ2n) is 3.02. The summed E-state index contributed by atoms with van der Waals surface area (Å²) in [5, 5.41) is 27.0. The average molecular weight is 237 g/mol. The zero-order chi connectivity index (χ0) is 12.8. The van der Waals surface area contributed by atoms with Crippen molar-refractivity contribution >= 4 is 7.25 Å². The van der Waals surface area contributed by atoms with Crippen LogP contribution >= 0.6 is 0 Å². The zero-order valence-electron chi connectivity index (χ0n) is 8.66. The molecular weight excluding hydrogens is 221 g/mol. The fraction of sp³-hybridized carbons (Fsp3) is 1.00. The molecule has 0 spiro atoms. The summed E-state index contributed by atoms with van der Waals surface area (Å²) >= 11 is 0. The highest BCUT2D eigenvalue weighted by Crippen LogP contribution is 2.06. The molecule has 0 aliphatic rings. The molecule has 3 atom stereocenters. The second kappa shape index (κ2) is 6.99. The maximum Gasteiger partial charge on any atom is 0.673 e. The van der Waals surface area contributed by atoms with Crippen molar-refractivity contribution in [3.05, 3.63) is 0 Å². The molecule has 0 rings (SSSR count). The molecule has 15 heavy (non-hydrogen) atoms. The van der Waals surface area contributed by atoms with Gasteiger partial charge in [0.1, 0.15) is 0 Å². The van der Waals surface area contributed by atoms with Crippen molar-refractivity contribution in [2.75, 3.05) is 0 Å². The Morgan fingerprint density at radius 2 is 0.933 bits per heavy atom. The van der Waals surface area contributed by atoms with Crippen LogP contribution in [0.1, 0.15) is 20.8 Å². The van der Waals surface area contributed by atoms with E-state index in [4.69, 9.17) is 15.3 Å². The minimum absolute atomic E-state index is 0.361. The maximum atomic E-state index is 9.75. The number of rotatable bonds is 3. The third kappa shape index (κ3) is 13.6. The smallest absolute Gasteiger partial charge is 0.418 e. The van der Waals surface area contributed by atoms with Gasteiger partial charge in [0.25, 0.3) is 0 Å². The number of nitrogens with one attached hydrogen (secondary N) is 1. The molecule has 0 aromatic rings. The highest BCUT2D eigenvalue weighted by atomic mass is 19.5. The Morgan fingerprint density at radius 3 is 0.933 bits per heavy atom. The highest BCUT2D eigenvalue weighted by molar-refractivity contribution is 6.50. The minimum atomic E-state index is -6.00. The Hall–Kier alpha value is -0.375. The third-order valence-electron chi connectivity index (χ3n) is 1.45. The first-order valence-electron chi connectivity index (χ1n) is 4.25. The van der Waals surface area contributed by atoms with Crippen LogP contribution in [0.5, 0.6) is 0 Å². The van der Waals surface area contributed by atoms with Gasteiger partial charge in [-0.1, -0.05) is 0 Å². The van der Waals surface area contributed by atoms with E-state index in [0.29, 0.717) is 4.90 Å². The van der Waals surface area contributed by atoms with Crippen LogP contribution in [0.2, 0.25) is 0 Å². The Bertz CT molecular complexity index is 140. The molecule has 0 saturated heterocycles. The summed E-state index contributed by atoms with van der Waals surface area (Å²) < 4.78 is 39.0.